The van der Waals surface area contributed by atoms with Gasteiger partial charge in [-0.3, -0.25) is 4.79 Å². The molecule has 0 atom stereocenters. The summed E-state index contributed by atoms with van der Waals surface area (Å²) in [7, 11) is 0. The highest BCUT2D eigenvalue weighted by atomic mass is 16.1. The molecule has 0 spiro atoms. The van der Waals surface area contributed by atoms with E-state index in [1.807, 2.05) is 55.5 Å². The fraction of sp³-hybridized carbons (Fsp3) is 0.188. The van der Waals surface area contributed by atoms with E-state index in [9.17, 15) is 4.79 Å². The van der Waals surface area contributed by atoms with Gasteiger partial charge in [-0.15, -0.1) is 0 Å². The van der Waals surface area contributed by atoms with Crippen LogP contribution in [0.1, 0.15) is 21.5 Å². The molecule has 0 radical (unpaired) electrons. The summed E-state index contributed by atoms with van der Waals surface area (Å²) in [6, 6.07) is 15.3. The van der Waals surface area contributed by atoms with Crippen LogP contribution in [0.5, 0.6) is 0 Å². The normalized spacial score (nSPS) is 10.2. The summed E-state index contributed by atoms with van der Waals surface area (Å²) in [6.45, 7) is 2.56. The number of amides is 1. The molecule has 0 unspecified atom stereocenters. The van der Waals surface area contributed by atoms with Gasteiger partial charge in [-0.05, 0) is 42.7 Å². The van der Waals surface area contributed by atoms with Crippen LogP contribution < -0.4 is 11.1 Å². The molecule has 19 heavy (non-hydrogen) atoms. The highest BCUT2D eigenvalue weighted by molar-refractivity contribution is 5.95. The van der Waals surface area contributed by atoms with Crippen molar-refractivity contribution in [1.29, 1.82) is 0 Å². The minimum atomic E-state index is -0.0199. The number of hydrogen-bond acceptors (Lipinski definition) is 2. The lowest BCUT2D eigenvalue weighted by atomic mass is 10.1. The number of nitrogen functional groups attached to an aromatic ring is 1. The Morgan fingerprint density at radius 1 is 1.11 bits per heavy atom. The molecule has 98 valence electrons. The zero-order valence-electron chi connectivity index (χ0n) is 11.0. The van der Waals surface area contributed by atoms with Gasteiger partial charge in [-0.1, -0.05) is 30.3 Å². The van der Waals surface area contributed by atoms with E-state index >= 15 is 0 Å². The largest absolute Gasteiger partial charge is 0.399 e. The molecular formula is C16H18N2O. The molecule has 3 N–H and O–H groups in total. The molecule has 2 rings (SSSR count). The van der Waals surface area contributed by atoms with Gasteiger partial charge in [0.2, 0.25) is 0 Å². The van der Waals surface area contributed by atoms with Crippen molar-refractivity contribution in [3.8, 4) is 0 Å². The van der Waals surface area contributed by atoms with Crippen molar-refractivity contribution in [1.82, 2.24) is 5.32 Å². The number of aryl methyl sites for hydroxylation is 1. The van der Waals surface area contributed by atoms with E-state index in [2.05, 4.69) is 5.32 Å². The van der Waals surface area contributed by atoms with Crippen molar-refractivity contribution in [3.05, 3.63) is 65.2 Å². The van der Waals surface area contributed by atoms with Gasteiger partial charge in [0.05, 0.1) is 0 Å². The maximum Gasteiger partial charge on any atom is 0.251 e. The van der Waals surface area contributed by atoms with Gasteiger partial charge in [0.25, 0.3) is 5.91 Å². The van der Waals surface area contributed by atoms with E-state index in [1.165, 1.54) is 5.56 Å². The Kier molecular flexibility index (Phi) is 4.18. The quantitative estimate of drug-likeness (QED) is 0.824. The van der Waals surface area contributed by atoms with E-state index in [0.717, 1.165) is 23.2 Å². The summed E-state index contributed by atoms with van der Waals surface area (Å²) in [5.74, 6) is -0.0199. The van der Waals surface area contributed by atoms with Crippen LogP contribution in [-0.2, 0) is 6.42 Å². The molecule has 1 amide bonds. The minimum Gasteiger partial charge on any atom is -0.399 e. The number of nitrogens with two attached hydrogens (primary N) is 1. The van der Waals surface area contributed by atoms with E-state index in [4.69, 9.17) is 5.73 Å². The van der Waals surface area contributed by atoms with Gasteiger partial charge in [0.1, 0.15) is 0 Å². The molecule has 0 aromatic heterocycles. The first-order chi connectivity index (χ1) is 9.16. The van der Waals surface area contributed by atoms with Gasteiger partial charge >= 0.3 is 0 Å². The fourth-order valence-corrected chi connectivity index (χ4v) is 1.93. The topological polar surface area (TPSA) is 55.1 Å². The van der Waals surface area contributed by atoms with Crippen LogP contribution in [0, 0.1) is 6.92 Å². The van der Waals surface area contributed by atoms with Crippen molar-refractivity contribution >= 4 is 11.6 Å². The predicted octanol–water partition coefficient (Wildman–Crippen LogP) is 2.55. The third kappa shape index (κ3) is 3.58. The molecule has 0 heterocycles. The molecule has 0 aliphatic heterocycles. The average Bonchev–Trinajstić information content (AvgIpc) is 2.41. The summed E-state index contributed by atoms with van der Waals surface area (Å²) < 4.78 is 0. The molecule has 0 bridgehead atoms. The first-order valence-electron chi connectivity index (χ1n) is 6.35. The predicted molar refractivity (Wildman–Crippen MR) is 78.1 cm³/mol. The lowest BCUT2D eigenvalue weighted by molar-refractivity contribution is 0.0953. The van der Waals surface area contributed by atoms with Crippen LogP contribution in [0.4, 0.5) is 5.69 Å². The zero-order valence-corrected chi connectivity index (χ0v) is 11.0. The third-order valence-corrected chi connectivity index (χ3v) is 3.07. The number of hydrogen-bond donors (Lipinski definition) is 2. The molecule has 0 aliphatic carbocycles. The Labute approximate surface area is 113 Å². The van der Waals surface area contributed by atoms with Crippen LogP contribution in [0.3, 0.4) is 0 Å². The monoisotopic (exact) mass is 254 g/mol. The van der Waals surface area contributed by atoms with Crippen LogP contribution in [-0.4, -0.2) is 12.5 Å². The first-order valence-corrected chi connectivity index (χ1v) is 6.35. The second-order valence-corrected chi connectivity index (χ2v) is 4.56. The number of rotatable bonds is 4. The van der Waals surface area contributed by atoms with Crippen molar-refractivity contribution in [2.45, 2.75) is 13.3 Å². The Bertz CT molecular complexity index is 561. The van der Waals surface area contributed by atoms with Gasteiger partial charge in [-0.25, -0.2) is 0 Å². The maximum absolute atomic E-state index is 12.0. The van der Waals surface area contributed by atoms with E-state index < -0.39 is 0 Å². The summed E-state index contributed by atoms with van der Waals surface area (Å²) >= 11 is 0. The fourth-order valence-electron chi connectivity index (χ4n) is 1.93. The first kappa shape index (κ1) is 13.1. The van der Waals surface area contributed by atoms with E-state index in [-0.39, 0.29) is 5.91 Å². The molecule has 0 saturated heterocycles. The summed E-state index contributed by atoms with van der Waals surface area (Å²) in [5, 5.41) is 2.93. The SMILES string of the molecule is Cc1ccccc1C(=O)NCCc1ccc(N)cc1. The molecule has 2 aromatic carbocycles. The van der Waals surface area contributed by atoms with Crippen LogP contribution >= 0.6 is 0 Å². The second-order valence-electron chi connectivity index (χ2n) is 4.56. The molecule has 0 aliphatic rings. The smallest absolute Gasteiger partial charge is 0.251 e. The number of benzene rings is 2. The zero-order chi connectivity index (χ0) is 13.7. The van der Waals surface area contributed by atoms with E-state index in [1.54, 1.807) is 0 Å². The number of carbonyl (C=O) groups is 1. The summed E-state index contributed by atoms with van der Waals surface area (Å²) in [4.78, 5) is 12.0. The summed E-state index contributed by atoms with van der Waals surface area (Å²) in [5.41, 5.74) is 9.28. The Morgan fingerprint density at radius 2 is 1.79 bits per heavy atom. The van der Waals surface area contributed by atoms with Crippen molar-refractivity contribution < 1.29 is 4.79 Å². The maximum atomic E-state index is 12.0. The lowest BCUT2D eigenvalue weighted by Crippen LogP contribution is -2.26. The van der Waals surface area contributed by atoms with Crippen molar-refractivity contribution in [3.63, 3.8) is 0 Å². The second kappa shape index (κ2) is 6.05. The Hall–Kier alpha value is -2.29. The number of nitrogens with one attached hydrogen (secondary N) is 1. The van der Waals surface area contributed by atoms with Crippen molar-refractivity contribution in [2.75, 3.05) is 12.3 Å². The number of carbonyl (C=O) groups excluding carboxylic acids is 1. The highest BCUT2D eigenvalue weighted by Gasteiger charge is 2.06. The molecule has 0 saturated carbocycles. The average molecular weight is 254 g/mol. The molecular weight excluding hydrogens is 236 g/mol. The highest BCUT2D eigenvalue weighted by Crippen LogP contribution is 2.07. The van der Waals surface area contributed by atoms with Crippen LogP contribution in [0.15, 0.2) is 48.5 Å². The van der Waals surface area contributed by atoms with Crippen LogP contribution in [0.2, 0.25) is 0 Å². The summed E-state index contributed by atoms with van der Waals surface area (Å²) in [6.07, 6.45) is 0.803. The van der Waals surface area contributed by atoms with Gasteiger partial charge in [-0.2, -0.15) is 0 Å². The van der Waals surface area contributed by atoms with Crippen molar-refractivity contribution in [2.24, 2.45) is 0 Å². The minimum absolute atomic E-state index is 0.0199. The van der Waals surface area contributed by atoms with Crippen LogP contribution in [0.25, 0.3) is 0 Å². The standard InChI is InChI=1S/C16H18N2O/c1-12-4-2-3-5-15(12)16(19)18-11-10-13-6-8-14(17)9-7-13/h2-9H,10-11,17H2,1H3,(H,18,19). The number of anilines is 1. The molecule has 0 fully saturated rings. The van der Waals surface area contributed by atoms with E-state index in [0.29, 0.717) is 6.54 Å². The van der Waals surface area contributed by atoms with Gasteiger partial charge < -0.3 is 11.1 Å². The van der Waals surface area contributed by atoms with Gasteiger partial charge in [0, 0.05) is 17.8 Å². The molecule has 3 heteroatoms. The lowest BCUT2D eigenvalue weighted by Gasteiger charge is -2.07. The molecule has 3 nitrogen and oxygen atoms in total. The Balaban J connectivity index is 1.88. The molecule has 2 aromatic rings. The Morgan fingerprint density at radius 3 is 2.47 bits per heavy atom. The third-order valence-electron chi connectivity index (χ3n) is 3.07. The van der Waals surface area contributed by atoms with Gasteiger partial charge in [0.15, 0.2) is 0 Å².